The number of imidazole rings is 1. The zero-order valence-electron chi connectivity index (χ0n) is 27.3. The van der Waals surface area contributed by atoms with E-state index < -0.39 is 17.2 Å². The number of anilines is 4. The maximum atomic E-state index is 15.1. The lowest BCUT2D eigenvalue weighted by Crippen LogP contribution is -2.53. The highest BCUT2D eigenvalue weighted by molar-refractivity contribution is 6.05. The summed E-state index contributed by atoms with van der Waals surface area (Å²) in [5, 5.41) is 3.31. The van der Waals surface area contributed by atoms with Gasteiger partial charge in [0, 0.05) is 41.7 Å². The molecule has 0 spiro atoms. The number of aromatic nitrogens is 5. The third-order valence-electron chi connectivity index (χ3n) is 10.5. The molecule has 1 N–H and O–H groups in total. The first-order valence-corrected chi connectivity index (χ1v) is 16.7. The number of aryl methyl sites for hydroxylation is 2. The molecule has 8 nitrogen and oxygen atoms in total. The fourth-order valence-electron chi connectivity index (χ4n) is 8.69. The Morgan fingerprint density at radius 3 is 2.33 bits per heavy atom. The highest BCUT2D eigenvalue weighted by atomic mass is 19.4. The average Bonchev–Trinajstić information content (AvgIpc) is 3.52. The van der Waals surface area contributed by atoms with Crippen LogP contribution in [0.1, 0.15) is 55.3 Å². The quantitative estimate of drug-likeness (QED) is 0.187. The SMILES string of the molecule is Cc1cn(-c2cc(N(C(=O)C34CC5CC(CC(C5)C3)C4)c3ccc(C)c(Nc4nccc(-c5cccnc5)n4)c3)cc(C(F)(F)F)c2)cn1. The Morgan fingerprint density at radius 1 is 0.918 bits per heavy atom. The van der Waals surface area contributed by atoms with Gasteiger partial charge in [-0.05, 0) is 124 Å². The zero-order chi connectivity index (χ0) is 33.9. The summed E-state index contributed by atoms with van der Waals surface area (Å²) in [7, 11) is 0. The molecule has 0 radical (unpaired) electrons. The van der Waals surface area contributed by atoms with Gasteiger partial charge >= 0.3 is 6.18 Å². The number of rotatable bonds is 7. The van der Waals surface area contributed by atoms with Gasteiger partial charge in [0.1, 0.15) is 0 Å². The highest BCUT2D eigenvalue weighted by Gasteiger charge is 2.56. The number of carbonyl (C=O) groups is 1. The average molecular weight is 664 g/mol. The van der Waals surface area contributed by atoms with Crippen LogP contribution in [0.4, 0.5) is 36.2 Å². The van der Waals surface area contributed by atoms with Crippen LogP contribution in [0.3, 0.4) is 0 Å². The van der Waals surface area contributed by atoms with Crippen LogP contribution in [0.15, 0.2) is 85.7 Å². The zero-order valence-corrected chi connectivity index (χ0v) is 27.3. The van der Waals surface area contributed by atoms with Crippen LogP contribution in [-0.4, -0.2) is 30.4 Å². The van der Waals surface area contributed by atoms with Gasteiger partial charge in [0.05, 0.1) is 40.1 Å². The van der Waals surface area contributed by atoms with Crippen LogP contribution in [0.5, 0.6) is 0 Å². The van der Waals surface area contributed by atoms with Crippen molar-refractivity contribution in [2.24, 2.45) is 23.2 Å². The number of hydrogen-bond acceptors (Lipinski definition) is 6. The minimum Gasteiger partial charge on any atom is -0.324 e. The molecular weight excluding hydrogens is 627 g/mol. The van der Waals surface area contributed by atoms with E-state index in [9.17, 15) is 13.2 Å². The maximum Gasteiger partial charge on any atom is 0.416 e. The first-order chi connectivity index (χ1) is 23.5. The van der Waals surface area contributed by atoms with Crippen LogP contribution in [0.2, 0.25) is 0 Å². The first-order valence-electron chi connectivity index (χ1n) is 16.7. The second kappa shape index (κ2) is 11.8. The lowest BCUT2D eigenvalue weighted by Gasteiger charge is -2.56. The fraction of sp³-hybridized carbons (Fsp3) is 0.342. The van der Waals surface area contributed by atoms with E-state index in [-0.39, 0.29) is 17.3 Å². The molecule has 4 bridgehead atoms. The topological polar surface area (TPSA) is 88.8 Å². The Balaban J connectivity index is 1.24. The molecule has 1 amide bonds. The first kappa shape index (κ1) is 31.2. The molecule has 4 saturated carbocycles. The molecule has 4 aliphatic carbocycles. The number of nitrogens with one attached hydrogen (secondary N) is 1. The van der Waals surface area contributed by atoms with Crippen molar-refractivity contribution < 1.29 is 18.0 Å². The molecule has 2 aromatic carbocycles. The van der Waals surface area contributed by atoms with Crippen LogP contribution < -0.4 is 10.2 Å². The van der Waals surface area contributed by atoms with Crippen molar-refractivity contribution in [1.82, 2.24) is 24.5 Å². The normalized spacial score (nSPS) is 22.7. The van der Waals surface area contributed by atoms with Crippen LogP contribution in [0.25, 0.3) is 16.9 Å². The van der Waals surface area contributed by atoms with Gasteiger partial charge in [-0.15, -0.1) is 0 Å². The smallest absolute Gasteiger partial charge is 0.324 e. The summed E-state index contributed by atoms with van der Waals surface area (Å²) in [6.45, 7) is 3.71. The number of nitrogens with zero attached hydrogens (tertiary/aromatic N) is 6. The van der Waals surface area contributed by atoms with E-state index in [0.717, 1.165) is 61.8 Å². The van der Waals surface area contributed by atoms with Crippen LogP contribution in [0, 0.1) is 37.0 Å². The predicted octanol–water partition coefficient (Wildman–Crippen LogP) is 8.98. The van der Waals surface area contributed by atoms with Crippen molar-refractivity contribution in [2.75, 3.05) is 10.2 Å². The number of alkyl halides is 3. The van der Waals surface area contributed by atoms with Gasteiger partial charge in [0.15, 0.2) is 0 Å². The van der Waals surface area contributed by atoms with E-state index in [1.165, 1.54) is 11.2 Å². The fourth-order valence-corrected chi connectivity index (χ4v) is 8.69. The standard InChI is InChI=1S/C38H36F3N7O/c1-23-5-6-30(16-34(23)46-36-43-9-7-33(45-36)28-4-3-8-42-20-28)48(35(49)37-17-25-10-26(18-37)12-27(11-25)19-37)32-14-29(38(39,40)41)13-31(15-32)47-21-24(2)44-22-47/h3-9,13-16,20-22,25-27H,10-12,17-19H2,1-2H3,(H,43,45,46). The van der Waals surface area contributed by atoms with Crippen molar-refractivity contribution in [3.8, 4) is 16.9 Å². The molecule has 9 rings (SSSR count). The molecule has 5 aromatic rings. The molecular formula is C38H36F3N7O. The molecule has 0 aliphatic heterocycles. The Kier molecular flexibility index (Phi) is 7.53. The van der Waals surface area contributed by atoms with Crippen molar-refractivity contribution in [3.63, 3.8) is 0 Å². The molecule has 11 heteroatoms. The Morgan fingerprint density at radius 2 is 1.67 bits per heavy atom. The Hall–Kier alpha value is -5.06. The monoisotopic (exact) mass is 663 g/mol. The summed E-state index contributed by atoms with van der Waals surface area (Å²) in [6, 6.07) is 14.9. The van der Waals surface area contributed by atoms with Crippen molar-refractivity contribution in [1.29, 1.82) is 0 Å². The molecule has 4 fully saturated rings. The predicted molar refractivity (Wildman–Crippen MR) is 181 cm³/mol. The molecule has 49 heavy (non-hydrogen) atoms. The second-order valence-electron chi connectivity index (χ2n) is 14.1. The van der Waals surface area contributed by atoms with Crippen molar-refractivity contribution in [2.45, 2.75) is 58.5 Å². The molecule has 4 aliphatic rings. The van der Waals surface area contributed by atoms with Crippen molar-refractivity contribution in [3.05, 3.63) is 103 Å². The van der Waals surface area contributed by atoms with Crippen LogP contribution >= 0.6 is 0 Å². The highest BCUT2D eigenvalue weighted by Crippen LogP contribution is 2.61. The van der Waals surface area contributed by atoms with Gasteiger partial charge in [-0.3, -0.25) is 14.7 Å². The van der Waals surface area contributed by atoms with Crippen LogP contribution in [-0.2, 0) is 11.0 Å². The lowest BCUT2D eigenvalue weighted by molar-refractivity contribution is -0.142. The number of amides is 1. The number of carbonyl (C=O) groups excluding carboxylic acids is 1. The minimum atomic E-state index is -4.63. The summed E-state index contributed by atoms with van der Waals surface area (Å²) >= 11 is 0. The number of benzene rings is 2. The third-order valence-corrected chi connectivity index (χ3v) is 10.5. The molecule has 3 aromatic heterocycles. The molecule has 0 saturated heterocycles. The summed E-state index contributed by atoms with van der Waals surface area (Å²) in [6.07, 6.45) is 9.33. The van der Waals surface area contributed by atoms with Gasteiger partial charge < -0.3 is 9.88 Å². The number of hydrogen-bond donors (Lipinski definition) is 1. The summed E-state index contributed by atoms with van der Waals surface area (Å²) in [5.74, 6) is 1.63. The Bertz CT molecular complexity index is 2010. The van der Waals surface area contributed by atoms with Gasteiger partial charge in [0.25, 0.3) is 0 Å². The largest absolute Gasteiger partial charge is 0.416 e. The van der Waals surface area contributed by atoms with E-state index in [0.29, 0.717) is 46.5 Å². The Labute approximate surface area is 282 Å². The lowest BCUT2D eigenvalue weighted by atomic mass is 9.49. The van der Waals surface area contributed by atoms with E-state index in [4.69, 9.17) is 0 Å². The number of pyridine rings is 1. The summed E-state index contributed by atoms with van der Waals surface area (Å²) in [5.41, 5.74) is 3.16. The van der Waals surface area contributed by atoms with E-state index in [2.05, 4.69) is 25.3 Å². The third kappa shape index (κ3) is 5.95. The van der Waals surface area contributed by atoms with E-state index in [1.807, 2.05) is 37.3 Å². The minimum absolute atomic E-state index is 0.136. The van der Waals surface area contributed by atoms with Gasteiger partial charge in [0.2, 0.25) is 11.9 Å². The molecule has 0 unspecified atom stereocenters. The van der Waals surface area contributed by atoms with Gasteiger partial charge in [-0.25, -0.2) is 15.0 Å². The van der Waals surface area contributed by atoms with E-state index >= 15 is 4.79 Å². The number of halogens is 3. The van der Waals surface area contributed by atoms with E-state index in [1.54, 1.807) is 48.4 Å². The maximum absolute atomic E-state index is 15.1. The van der Waals surface area contributed by atoms with Gasteiger partial charge in [-0.1, -0.05) is 6.07 Å². The molecule has 0 atom stereocenters. The second-order valence-corrected chi connectivity index (χ2v) is 14.1. The summed E-state index contributed by atoms with van der Waals surface area (Å²) in [4.78, 5) is 34.2. The van der Waals surface area contributed by atoms with Crippen molar-refractivity contribution >= 4 is 28.9 Å². The van der Waals surface area contributed by atoms with Gasteiger partial charge in [-0.2, -0.15) is 13.2 Å². The molecule has 250 valence electrons. The molecule has 3 heterocycles. The summed E-state index contributed by atoms with van der Waals surface area (Å²) < 4.78 is 45.1.